The molecule has 0 aromatic carbocycles. The number of nitrogens with zero attached hydrogens (tertiary/aromatic N) is 2. The van der Waals surface area contributed by atoms with Crippen LogP contribution in [0.4, 0.5) is 0 Å². The molecule has 2 aliphatic heterocycles. The summed E-state index contributed by atoms with van der Waals surface area (Å²) < 4.78 is 5.18. The number of morpholine rings is 1. The molecule has 0 radical (unpaired) electrons. The zero-order valence-electron chi connectivity index (χ0n) is 9.11. The molecule has 1 N–H and O–H groups in total. The van der Waals surface area contributed by atoms with Gasteiger partial charge >= 0.3 is 0 Å². The Morgan fingerprint density at radius 1 is 1.40 bits per heavy atom. The van der Waals surface area contributed by atoms with Crippen LogP contribution in [0.1, 0.15) is 6.92 Å². The van der Waals surface area contributed by atoms with E-state index >= 15 is 0 Å². The molecule has 2 saturated heterocycles. The number of carbonyl (C=O) groups excluding carboxylic acids is 1. The van der Waals surface area contributed by atoms with Crippen LogP contribution in [0.5, 0.6) is 0 Å². The molecule has 0 atom stereocenters. The molecule has 0 aliphatic carbocycles. The van der Waals surface area contributed by atoms with Crippen molar-refractivity contribution in [3.05, 3.63) is 0 Å². The van der Waals surface area contributed by atoms with Crippen LogP contribution in [0.2, 0.25) is 0 Å². The Morgan fingerprint density at radius 2 is 2.00 bits per heavy atom. The van der Waals surface area contributed by atoms with Crippen LogP contribution >= 0.6 is 0 Å². The van der Waals surface area contributed by atoms with E-state index in [9.17, 15) is 9.90 Å². The summed E-state index contributed by atoms with van der Waals surface area (Å²) in [6, 6.07) is 0. The number of β-amino-alcohol motifs (C(OH)–C–C–N with tert-alkyl or cyclic N) is 1. The largest absolute Gasteiger partial charge is 0.388 e. The molecule has 86 valence electrons. The van der Waals surface area contributed by atoms with Gasteiger partial charge in [-0.1, -0.05) is 0 Å². The van der Waals surface area contributed by atoms with Crippen molar-refractivity contribution < 1.29 is 14.6 Å². The summed E-state index contributed by atoms with van der Waals surface area (Å²) >= 11 is 0. The van der Waals surface area contributed by atoms with Crippen LogP contribution in [-0.4, -0.2) is 72.4 Å². The van der Waals surface area contributed by atoms with Crippen molar-refractivity contribution in [3.8, 4) is 0 Å². The number of amides is 1. The van der Waals surface area contributed by atoms with Gasteiger partial charge in [0, 0.05) is 26.2 Å². The maximum atomic E-state index is 11.8. The second-order valence-electron chi connectivity index (χ2n) is 4.64. The quantitative estimate of drug-likeness (QED) is 0.635. The number of hydrogen-bond acceptors (Lipinski definition) is 4. The predicted octanol–water partition coefficient (Wildman–Crippen LogP) is -1.09. The van der Waals surface area contributed by atoms with Crippen LogP contribution in [0.25, 0.3) is 0 Å². The van der Waals surface area contributed by atoms with E-state index in [1.807, 2.05) is 9.80 Å². The van der Waals surface area contributed by atoms with Gasteiger partial charge in [0.05, 0.1) is 25.4 Å². The average molecular weight is 214 g/mol. The number of hydrogen-bond donors (Lipinski definition) is 1. The number of rotatable bonds is 2. The molecule has 15 heavy (non-hydrogen) atoms. The van der Waals surface area contributed by atoms with Gasteiger partial charge in [-0.15, -0.1) is 0 Å². The first-order valence-electron chi connectivity index (χ1n) is 5.37. The number of carbonyl (C=O) groups is 1. The Kier molecular flexibility index (Phi) is 2.95. The number of ether oxygens (including phenoxy) is 1. The van der Waals surface area contributed by atoms with Crippen LogP contribution < -0.4 is 0 Å². The van der Waals surface area contributed by atoms with Gasteiger partial charge in [-0.25, -0.2) is 0 Å². The van der Waals surface area contributed by atoms with Crippen molar-refractivity contribution in [3.63, 3.8) is 0 Å². The summed E-state index contributed by atoms with van der Waals surface area (Å²) in [5.41, 5.74) is -0.592. The highest BCUT2D eigenvalue weighted by atomic mass is 16.5. The molecular weight excluding hydrogens is 196 g/mol. The first kappa shape index (κ1) is 10.9. The van der Waals surface area contributed by atoms with Gasteiger partial charge in [0.1, 0.15) is 0 Å². The van der Waals surface area contributed by atoms with E-state index in [0.717, 1.165) is 0 Å². The zero-order chi connectivity index (χ0) is 10.9. The highest BCUT2D eigenvalue weighted by molar-refractivity contribution is 5.78. The minimum Gasteiger partial charge on any atom is -0.388 e. The molecular formula is C10H18N2O3. The summed E-state index contributed by atoms with van der Waals surface area (Å²) in [6.45, 7) is 6.10. The van der Waals surface area contributed by atoms with Crippen molar-refractivity contribution >= 4 is 5.91 Å². The monoisotopic (exact) mass is 214 g/mol. The number of aliphatic hydroxyl groups is 1. The molecule has 2 fully saturated rings. The lowest BCUT2D eigenvalue weighted by molar-refractivity contribution is -0.143. The molecule has 0 spiro atoms. The minimum atomic E-state index is -0.592. The van der Waals surface area contributed by atoms with E-state index in [1.54, 1.807) is 6.92 Å². The molecule has 2 rings (SSSR count). The van der Waals surface area contributed by atoms with E-state index in [-0.39, 0.29) is 5.91 Å². The van der Waals surface area contributed by atoms with Crippen molar-refractivity contribution in [2.45, 2.75) is 12.5 Å². The highest BCUT2D eigenvalue weighted by Gasteiger charge is 2.37. The summed E-state index contributed by atoms with van der Waals surface area (Å²) in [5.74, 6) is 0.147. The maximum absolute atomic E-state index is 11.8. The van der Waals surface area contributed by atoms with Crippen LogP contribution in [0, 0.1) is 0 Å². The fourth-order valence-electron chi connectivity index (χ4n) is 2.13. The molecule has 5 nitrogen and oxygen atoms in total. The Labute approximate surface area is 89.6 Å². The minimum absolute atomic E-state index is 0.147. The fraction of sp³-hybridized carbons (Fsp3) is 0.900. The lowest BCUT2D eigenvalue weighted by Crippen LogP contribution is -2.62. The third-order valence-electron chi connectivity index (χ3n) is 2.85. The maximum Gasteiger partial charge on any atom is 0.236 e. The van der Waals surface area contributed by atoms with E-state index in [0.29, 0.717) is 45.9 Å². The van der Waals surface area contributed by atoms with Gasteiger partial charge in [-0.3, -0.25) is 9.69 Å². The van der Waals surface area contributed by atoms with Gasteiger partial charge in [0.15, 0.2) is 0 Å². The van der Waals surface area contributed by atoms with Crippen molar-refractivity contribution in [1.29, 1.82) is 0 Å². The zero-order valence-corrected chi connectivity index (χ0v) is 9.11. The Balaban J connectivity index is 1.73. The van der Waals surface area contributed by atoms with E-state index in [2.05, 4.69) is 0 Å². The molecule has 5 heteroatoms. The van der Waals surface area contributed by atoms with Gasteiger partial charge in [-0.2, -0.15) is 0 Å². The summed E-state index contributed by atoms with van der Waals surface area (Å²) in [7, 11) is 0. The van der Waals surface area contributed by atoms with Crippen LogP contribution in [-0.2, 0) is 9.53 Å². The summed E-state index contributed by atoms with van der Waals surface area (Å²) in [6.07, 6.45) is 0. The predicted molar refractivity (Wildman–Crippen MR) is 54.5 cm³/mol. The van der Waals surface area contributed by atoms with Crippen molar-refractivity contribution in [2.24, 2.45) is 0 Å². The van der Waals surface area contributed by atoms with Crippen LogP contribution in [0.15, 0.2) is 0 Å². The Bertz CT molecular complexity index is 241. The molecule has 0 aromatic rings. The molecule has 1 amide bonds. The van der Waals surface area contributed by atoms with Gasteiger partial charge < -0.3 is 14.7 Å². The van der Waals surface area contributed by atoms with Crippen LogP contribution in [0.3, 0.4) is 0 Å². The van der Waals surface area contributed by atoms with Gasteiger partial charge in [-0.05, 0) is 6.92 Å². The van der Waals surface area contributed by atoms with E-state index in [4.69, 9.17) is 4.74 Å². The SMILES string of the molecule is CC1(O)CN(CC(=O)N2CCOCC2)C1. The second kappa shape index (κ2) is 4.08. The third-order valence-corrected chi connectivity index (χ3v) is 2.85. The molecule has 2 aliphatic rings. The third kappa shape index (κ3) is 2.68. The topological polar surface area (TPSA) is 53.0 Å². The summed E-state index contributed by atoms with van der Waals surface area (Å²) in [5, 5.41) is 9.52. The number of likely N-dealkylation sites (tertiary alicyclic amines) is 1. The van der Waals surface area contributed by atoms with Gasteiger partial charge in [0.2, 0.25) is 5.91 Å². The molecule has 2 heterocycles. The lowest BCUT2D eigenvalue weighted by Gasteiger charge is -2.44. The second-order valence-corrected chi connectivity index (χ2v) is 4.64. The first-order valence-corrected chi connectivity index (χ1v) is 5.37. The Morgan fingerprint density at radius 3 is 2.53 bits per heavy atom. The van der Waals surface area contributed by atoms with E-state index < -0.39 is 5.60 Å². The average Bonchev–Trinajstić information content (AvgIpc) is 2.16. The molecule has 0 aromatic heterocycles. The molecule has 0 bridgehead atoms. The Hall–Kier alpha value is -0.650. The van der Waals surface area contributed by atoms with Crippen molar-refractivity contribution in [1.82, 2.24) is 9.80 Å². The highest BCUT2D eigenvalue weighted by Crippen LogP contribution is 2.19. The lowest BCUT2D eigenvalue weighted by atomic mass is 9.97. The fourth-order valence-corrected chi connectivity index (χ4v) is 2.13. The smallest absolute Gasteiger partial charge is 0.236 e. The molecule has 0 saturated carbocycles. The van der Waals surface area contributed by atoms with Crippen molar-refractivity contribution in [2.75, 3.05) is 45.9 Å². The van der Waals surface area contributed by atoms with Gasteiger partial charge in [0.25, 0.3) is 0 Å². The summed E-state index contributed by atoms with van der Waals surface area (Å²) in [4.78, 5) is 15.6. The normalized spacial score (nSPS) is 26.1. The standard InChI is InChI=1S/C10H18N2O3/c1-10(14)7-11(8-10)6-9(13)12-2-4-15-5-3-12/h14H,2-8H2,1H3. The first-order chi connectivity index (χ1) is 7.07. The van der Waals surface area contributed by atoms with E-state index in [1.165, 1.54) is 0 Å². The molecule has 0 unspecified atom stereocenters.